The first-order valence-corrected chi connectivity index (χ1v) is 6.95. The molecule has 19 heavy (non-hydrogen) atoms. The second kappa shape index (κ2) is 6.06. The van der Waals surface area contributed by atoms with E-state index in [2.05, 4.69) is 23.9 Å². The number of ether oxygens (including phenoxy) is 1. The molecule has 2 aromatic rings. The number of rotatable bonds is 7. The predicted octanol–water partition coefficient (Wildman–Crippen LogP) is 1.96. The quantitative estimate of drug-likeness (QED) is 0.777. The van der Waals surface area contributed by atoms with Crippen LogP contribution >= 0.6 is 0 Å². The molecule has 0 aliphatic rings. The minimum Gasteiger partial charge on any atom is -0.381 e. The number of nitrogen functional groups attached to an aromatic ring is 1. The second-order valence-corrected chi connectivity index (χ2v) is 4.66. The smallest absolute Gasteiger partial charge is 0.202 e. The van der Waals surface area contributed by atoms with Crippen molar-refractivity contribution in [3.8, 4) is 0 Å². The summed E-state index contributed by atoms with van der Waals surface area (Å²) in [5.41, 5.74) is 8.87. The zero-order valence-corrected chi connectivity index (χ0v) is 12.0. The molecule has 0 saturated carbocycles. The number of anilines is 1. The molecule has 2 aromatic heterocycles. The average molecular weight is 265 g/mol. The van der Waals surface area contributed by atoms with Crippen molar-refractivity contribution in [1.82, 2.24) is 19.3 Å². The maximum atomic E-state index is 6.00. The van der Waals surface area contributed by atoms with E-state index in [1.807, 2.05) is 16.2 Å². The molecule has 106 valence electrons. The molecular formula is C13H23N5O. The summed E-state index contributed by atoms with van der Waals surface area (Å²) >= 11 is 0. The number of aryl methyl sites for hydroxylation is 3. The summed E-state index contributed by atoms with van der Waals surface area (Å²) in [6.07, 6.45) is 1.99. The molecule has 0 spiro atoms. The molecule has 0 unspecified atom stereocenters. The van der Waals surface area contributed by atoms with Gasteiger partial charge in [0.1, 0.15) is 5.52 Å². The van der Waals surface area contributed by atoms with Gasteiger partial charge in [0.15, 0.2) is 5.65 Å². The fourth-order valence-electron chi connectivity index (χ4n) is 2.25. The van der Waals surface area contributed by atoms with E-state index in [0.717, 1.165) is 56.0 Å². The molecule has 0 atom stereocenters. The van der Waals surface area contributed by atoms with Gasteiger partial charge in [-0.2, -0.15) is 5.10 Å². The molecule has 2 heterocycles. The first-order chi connectivity index (χ1) is 9.19. The SMILES string of the molecule is CCCOCCCn1c(N)nc2c(C)nn(CC)c21. The van der Waals surface area contributed by atoms with Gasteiger partial charge in [-0.15, -0.1) is 0 Å². The average Bonchev–Trinajstić information content (AvgIpc) is 2.88. The van der Waals surface area contributed by atoms with E-state index in [1.54, 1.807) is 0 Å². The number of nitrogens with zero attached hydrogens (tertiary/aromatic N) is 4. The fraction of sp³-hybridized carbons (Fsp3) is 0.692. The van der Waals surface area contributed by atoms with Crippen LogP contribution in [0.2, 0.25) is 0 Å². The van der Waals surface area contributed by atoms with E-state index in [1.165, 1.54) is 0 Å². The molecule has 0 aliphatic heterocycles. The minimum atomic E-state index is 0.563. The van der Waals surface area contributed by atoms with Crippen molar-refractivity contribution in [3.05, 3.63) is 5.69 Å². The lowest BCUT2D eigenvalue weighted by molar-refractivity contribution is 0.129. The van der Waals surface area contributed by atoms with Crippen LogP contribution < -0.4 is 5.73 Å². The predicted molar refractivity (Wildman–Crippen MR) is 76.1 cm³/mol. The van der Waals surface area contributed by atoms with Crippen molar-refractivity contribution in [3.63, 3.8) is 0 Å². The van der Waals surface area contributed by atoms with E-state index >= 15 is 0 Å². The van der Waals surface area contributed by atoms with Crippen molar-refractivity contribution in [2.45, 2.75) is 46.7 Å². The highest BCUT2D eigenvalue weighted by molar-refractivity contribution is 5.77. The Kier molecular flexibility index (Phi) is 4.42. The third-order valence-corrected chi connectivity index (χ3v) is 3.15. The molecule has 2 N–H and O–H groups in total. The van der Waals surface area contributed by atoms with Crippen LogP contribution in [0.1, 0.15) is 32.4 Å². The van der Waals surface area contributed by atoms with Crippen molar-refractivity contribution >= 4 is 17.1 Å². The molecule has 0 amide bonds. The Labute approximate surface area is 113 Å². The summed E-state index contributed by atoms with van der Waals surface area (Å²) in [5.74, 6) is 0.563. The van der Waals surface area contributed by atoms with Crippen molar-refractivity contribution in [2.75, 3.05) is 18.9 Å². The van der Waals surface area contributed by atoms with E-state index in [9.17, 15) is 0 Å². The van der Waals surface area contributed by atoms with E-state index < -0.39 is 0 Å². The Morgan fingerprint density at radius 3 is 2.74 bits per heavy atom. The van der Waals surface area contributed by atoms with Gasteiger partial charge < -0.3 is 10.5 Å². The van der Waals surface area contributed by atoms with E-state index in [4.69, 9.17) is 10.5 Å². The molecule has 2 rings (SSSR count). The summed E-state index contributed by atoms with van der Waals surface area (Å²) < 4.78 is 9.49. The van der Waals surface area contributed by atoms with Gasteiger partial charge in [-0.25, -0.2) is 9.67 Å². The molecule has 6 heteroatoms. The molecule has 0 fully saturated rings. The van der Waals surface area contributed by atoms with Crippen LogP contribution in [0.25, 0.3) is 11.2 Å². The van der Waals surface area contributed by atoms with Crippen molar-refractivity contribution in [2.24, 2.45) is 0 Å². The first kappa shape index (κ1) is 13.9. The standard InChI is InChI=1S/C13H23N5O/c1-4-8-19-9-6-7-17-12-11(15-13(17)14)10(3)16-18(12)5-2/h4-9H2,1-3H3,(H2,14,15). The molecule has 0 aliphatic carbocycles. The Hall–Kier alpha value is -1.56. The van der Waals surface area contributed by atoms with Crippen LogP contribution in [0.5, 0.6) is 0 Å². The number of nitrogens with two attached hydrogens (primary N) is 1. The van der Waals surface area contributed by atoms with Crippen molar-refractivity contribution < 1.29 is 4.74 Å². The highest BCUT2D eigenvalue weighted by Crippen LogP contribution is 2.21. The van der Waals surface area contributed by atoms with Crippen LogP contribution in [0, 0.1) is 6.92 Å². The Bertz CT molecular complexity index is 543. The topological polar surface area (TPSA) is 70.9 Å². The Morgan fingerprint density at radius 2 is 2.05 bits per heavy atom. The van der Waals surface area contributed by atoms with Gasteiger partial charge in [0.05, 0.1) is 5.69 Å². The third kappa shape index (κ3) is 2.73. The molecule has 0 bridgehead atoms. The first-order valence-electron chi connectivity index (χ1n) is 6.95. The zero-order valence-electron chi connectivity index (χ0n) is 12.0. The Morgan fingerprint density at radius 1 is 1.26 bits per heavy atom. The number of aromatic nitrogens is 4. The van der Waals surface area contributed by atoms with E-state index in [-0.39, 0.29) is 0 Å². The van der Waals surface area contributed by atoms with Crippen LogP contribution in [0.15, 0.2) is 0 Å². The second-order valence-electron chi connectivity index (χ2n) is 4.66. The third-order valence-electron chi connectivity index (χ3n) is 3.15. The van der Waals surface area contributed by atoms with E-state index in [0.29, 0.717) is 5.95 Å². The fourth-order valence-corrected chi connectivity index (χ4v) is 2.25. The van der Waals surface area contributed by atoms with Gasteiger partial charge in [0.2, 0.25) is 5.95 Å². The number of fused-ring (bicyclic) bond motifs is 1. The highest BCUT2D eigenvalue weighted by atomic mass is 16.5. The molecular weight excluding hydrogens is 242 g/mol. The number of hydrogen-bond acceptors (Lipinski definition) is 4. The molecule has 6 nitrogen and oxygen atoms in total. The molecule has 0 radical (unpaired) electrons. The Balaban J connectivity index is 2.15. The summed E-state index contributed by atoms with van der Waals surface area (Å²) in [5, 5.41) is 4.47. The summed E-state index contributed by atoms with van der Waals surface area (Å²) in [6.45, 7) is 9.37. The minimum absolute atomic E-state index is 0.563. The lowest BCUT2D eigenvalue weighted by Crippen LogP contribution is -2.10. The number of imidazole rings is 1. The van der Waals surface area contributed by atoms with Crippen LogP contribution in [-0.2, 0) is 17.8 Å². The van der Waals surface area contributed by atoms with Gasteiger partial charge in [0, 0.05) is 26.3 Å². The summed E-state index contributed by atoms with van der Waals surface area (Å²) in [6, 6.07) is 0. The largest absolute Gasteiger partial charge is 0.381 e. The van der Waals surface area contributed by atoms with Crippen molar-refractivity contribution in [1.29, 1.82) is 0 Å². The van der Waals surface area contributed by atoms with Gasteiger partial charge in [-0.05, 0) is 26.7 Å². The van der Waals surface area contributed by atoms with Crippen LogP contribution in [0.3, 0.4) is 0 Å². The van der Waals surface area contributed by atoms with Crippen LogP contribution in [-0.4, -0.2) is 32.5 Å². The summed E-state index contributed by atoms with van der Waals surface area (Å²) in [7, 11) is 0. The molecule has 0 saturated heterocycles. The van der Waals surface area contributed by atoms with Gasteiger partial charge in [-0.1, -0.05) is 6.92 Å². The maximum absolute atomic E-state index is 6.00. The molecule has 0 aromatic carbocycles. The highest BCUT2D eigenvalue weighted by Gasteiger charge is 2.16. The monoisotopic (exact) mass is 265 g/mol. The van der Waals surface area contributed by atoms with Crippen LogP contribution in [0.4, 0.5) is 5.95 Å². The van der Waals surface area contributed by atoms with Gasteiger partial charge >= 0.3 is 0 Å². The lowest BCUT2D eigenvalue weighted by Gasteiger charge is -2.08. The zero-order chi connectivity index (χ0) is 13.8. The normalized spacial score (nSPS) is 11.5. The lowest BCUT2D eigenvalue weighted by atomic mass is 10.4. The van der Waals surface area contributed by atoms with Gasteiger partial charge in [0.25, 0.3) is 0 Å². The van der Waals surface area contributed by atoms with Gasteiger partial charge in [-0.3, -0.25) is 4.57 Å². The summed E-state index contributed by atoms with van der Waals surface area (Å²) in [4.78, 5) is 4.41. The number of hydrogen-bond donors (Lipinski definition) is 1. The maximum Gasteiger partial charge on any atom is 0.202 e.